The van der Waals surface area contributed by atoms with Crippen LogP contribution in [0.1, 0.15) is 10.4 Å². The molecule has 8 heteroatoms. The van der Waals surface area contributed by atoms with Crippen LogP contribution in [0.2, 0.25) is 0 Å². The van der Waals surface area contributed by atoms with Crippen molar-refractivity contribution in [3.05, 3.63) is 59.9 Å². The summed E-state index contributed by atoms with van der Waals surface area (Å²) in [6, 6.07) is 11.1. The first kappa shape index (κ1) is 17.1. The second kappa shape index (κ2) is 6.07. The summed E-state index contributed by atoms with van der Waals surface area (Å²) < 4.78 is 44.0. The Labute approximate surface area is 133 Å². The number of benzene rings is 2. The number of halogens is 1. The molecule has 0 radical (unpaired) electrons. The molecule has 0 saturated heterocycles. The Bertz CT molecular complexity index is 816. The van der Waals surface area contributed by atoms with Gasteiger partial charge >= 0.3 is 10.3 Å². The molecule has 122 valence electrons. The summed E-state index contributed by atoms with van der Waals surface area (Å²) >= 11 is 0. The summed E-state index contributed by atoms with van der Waals surface area (Å²) in [5, 5.41) is 2.60. The molecule has 2 aromatic rings. The van der Waals surface area contributed by atoms with Gasteiger partial charge in [0.15, 0.2) is 0 Å². The Hall–Kier alpha value is -2.29. The van der Waals surface area contributed by atoms with Gasteiger partial charge in [-0.05, 0) is 36.4 Å². The van der Waals surface area contributed by atoms with Gasteiger partial charge in [-0.2, -0.15) is 3.89 Å². The molecule has 0 fully saturated rings. The van der Waals surface area contributed by atoms with E-state index < -0.39 is 25.9 Å². The van der Waals surface area contributed by atoms with Gasteiger partial charge in [0.2, 0.25) is 0 Å². The SMILES string of the molecule is C[N+](C)(c1ccc(C(=O)Nc2ccc(F)cc2)cc1)S(=O)(=O)O. The standard InChI is InChI=1S/C15H15FN2O4S/c1-18(2,23(20,21)22)14-9-3-11(4-10-14)15(19)17-13-7-5-12(16)6-8-13/h3-10H,1-2H3,(H-,17,19,20,21,22)/p+1. The van der Waals surface area contributed by atoms with Gasteiger partial charge in [0.25, 0.3) is 5.91 Å². The molecule has 2 rings (SSSR count). The largest absolute Gasteiger partial charge is 0.437 e. The average Bonchev–Trinajstić information content (AvgIpc) is 2.48. The fraction of sp³-hybridized carbons (Fsp3) is 0.133. The molecule has 2 N–H and O–H groups in total. The molecule has 23 heavy (non-hydrogen) atoms. The zero-order valence-corrected chi connectivity index (χ0v) is 13.3. The number of hydrogen-bond donors (Lipinski definition) is 2. The molecule has 0 aliphatic heterocycles. The zero-order chi connectivity index (χ0) is 17.3. The number of nitrogens with one attached hydrogen (secondary N) is 1. The minimum absolute atomic E-state index is 0.297. The Morgan fingerprint density at radius 2 is 1.57 bits per heavy atom. The van der Waals surface area contributed by atoms with Crippen LogP contribution in [0, 0.1) is 5.82 Å². The molecule has 0 spiro atoms. The lowest BCUT2D eigenvalue weighted by Crippen LogP contribution is -2.45. The lowest BCUT2D eigenvalue weighted by atomic mass is 10.2. The first-order chi connectivity index (χ1) is 10.6. The molecule has 1 amide bonds. The van der Waals surface area contributed by atoms with E-state index in [-0.39, 0.29) is 0 Å². The highest BCUT2D eigenvalue weighted by molar-refractivity contribution is 7.85. The van der Waals surface area contributed by atoms with Crippen molar-refractivity contribution in [3.8, 4) is 0 Å². The maximum absolute atomic E-state index is 12.8. The van der Waals surface area contributed by atoms with Crippen molar-refractivity contribution in [2.24, 2.45) is 0 Å². The summed E-state index contributed by atoms with van der Waals surface area (Å²) in [7, 11) is -1.72. The molecule has 0 heterocycles. The van der Waals surface area contributed by atoms with Crippen LogP contribution in [-0.2, 0) is 10.3 Å². The average molecular weight is 339 g/mol. The first-order valence-corrected chi connectivity index (χ1v) is 8.00. The quantitative estimate of drug-likeness (QED) is 0.662. The highest BCUT2D eigenvalue weighted by Gasteiger charge is 2.33. The number of anilines is 1. The van der Waals surface area contributed by atoms with E-state index in [9.17, 15) is 22.2 Å². The molecule has 0 unspecified atom stereocenters. The van der Waals surface area contributed by atoms with E-state index in [0.717, 1.165) is 0 Å². The third-order valence-electron chi connectivity index (χ3n) is 3.43. The molecule has 0 aliphatic rings. The fourth-order valence-electron chi connectivity index (χ4n) is 1.84. The van der Waals surface area contributed by atoms with E-state index in [0.29, 0.717) is 16.9 Å². The monoisotopic (exact) mass is 339 g/mol. The van der Waals surface area contributed by atoms with Crippen molar-refractivity contribution >= 4 is 27.6 Å². The van der Waals surface area contributed by atoms with Crippen LogP contribution >= 0.6 is 0 Å². The van der Waals surface area contributed by atoms with Gasteiger partial charge in [-0.25, -0.2) is 8.94 Å². The minimum atomic E-state index is -4.34. The number of carbonyl (C=O) groups excluding carboxylic acids is 1. The van der Waals surface area contributed by atoms with Gasteiger partial charge in [-0.3, -0.25) is 4.79 Å². The first-order valence-electron chi connectivity index (χ1n) is 6.60. The van der Waals surface area contributed by atoms with Crippen molar-refractivity contribution in [3.63, 3.8) is 0 Å². The van der Waals surface area contributed by atoms with Crippen LogP contribution < -0.4 is 9.21 Å². The maximum Gasteiger partial charge on any atom is 0.437 e. The molecule has 2 aromatic carbocycles. The van der Waals surface area contributed by atoms with Crippen molar-refractivity contribution in [2.45, 2.75) is 0 Å². The molecule has 0 bridgehead atoms. The lowest BCUT2D eigenvalue weighted by molar-refractivity contribution is 0.102. The van der Waals surface area contributed by atoms with E-state index in [1.54, 1.807) is 0 Å². The van der Waals surface area contributed by atoms with E-state index in [2.05, 4.69) is 5.32 Å². The maximum atomic E-state index is 12.8. The van der Waals surface area contributed by atoms with Gasteiger partial charge in [0, 0.05) is 23.4 Å². The van der Waals surface area contributed by atoms with Crippen LogP contribution in [0.5, 0.6) is 0 Å². The normalized spacial score (nSPS) is 12.0. The van der Waals surface area contributed by atoms with Gasteiger partial charge in [0.05, 0.1) is 14.1 Å². The van der Waals surface area contributed by atoms with Crippen LogP contribution in [-0.4, -0.2) is 33.0 Å². The molecule has 0 saturated carbocycles. The summed E-state index contributed by atoms with van der Waals surface area (Å²) in [6.45, 7) is 0. The van der Waals surface area contributed by atoms with E-state index >= 15 is 0 Å². The topological polar surface area (TPSA) is 83.5 Å². The summed E-state index contributed by atoms with van der Waals surface area (Å²) in [5.74, 6) is -0.821. The van der Waals surface area contributed by atoms with Gasteiger partial charge in [-0.1, -0.05) is 0 Å². The van der Waals surface area contributed by atoms with Crippen molar-refractivity contribution in [1.82, 2.24) is 3.89 Å². The van der Waals surface area contributed by atoms with Crippen LogP contribution in [0.15, 0.2) is 48.5 Å². The van der Waals surface area contributed by atoms with Gasteiger partial charge < -0.3 is 5.32 Å². The Balaban J connectivity index is 2.19. The molecule has 0 atom stereocenters. The molecule has 6 nitrogen and oxygen atoms in total. The molecular weight excluding hydrogens is 323 g/mol. The molecular formula is C15H16FN2O4S+. The summed E-state index contributed by atoms with van der Waals surface area (Å²) in [4.78, 5) is 12.1. The number of nitrogens with zero attached hydrogens (tertiary/aromatic N) is 1. The summed E-state index contributed by atoms with van der Waals surface area (Å²) in [5.41, 5.74) is 1.04. The second-order valence-electron chi connectivity index (χ2n) is 5.31. The Morgan fingerprint density at radius 1 is 1.04 bits per heavy atom. The number of quaternary nitrogens is 1. The highest BCUT2D eigenvalue weighted by atomic mass is 32.2. The van der Waals surface area contributed by atoms with Crippen molar-refractivity contribution in [1.29, 1.82) is 0 Å². The Kier molecular flexibility index (Phi) is 4.51. The predicted molar refractivity (Wildman–Crippen MR) is 86.0 cm³/mol. The number of hydrogen-bond acceptors (Lipinski definition) is 3. The lowest BCUT2D eigenvalue weighted by Gasteiger charge is -2.23. The number of rotatable bonds is 4. The predicted octanol–water partition coefficient (Wildman–Crippen LogP) is 2.45. The second-order valence-corrected chi connectivity index (χ2v) is 7.12. The molecule has 0 aliphatic carbocycles. The fourth-order valence-corrected chi connectivity index (χ4v) is 2.23. The molecule has 0 aromatic heterocycles. The summed E-state index contributed by atoms with van der Waals surface area (Å²) in [6.07, 6.45) is 0. The highest BCUT2D eigenvalue weighted by Crippen LogP contribution is 2.23. The Morgan fingerprint density at radius 3 is 2.04 bits per heavy atom. The smallest absolute Gasteiger partial charge is 0.322 e. The van der Waals surface area contributed by atoms with Crippen LogP contribution in [0.25, 0.3) is 0 Å². The van der Waals surface area contributed by atoms with Gasteiger partial charge in [-0.15, -0.1) is 8.42 Å². The number of amides is 1. The van der Waals surface area contributed by atoms with E-state index in [1.807, 2.05) is 0 Å². The third-order valence-corrected chi connectivity index (χ3v) is 4.79. The van der Waals surface area contributed by atoms with E-state index in [4.69, 9.17) is 0 Å². The number of carbonyl (C=O) groups is 1. The van der Waals surface area contributed by atoms with Crippen LogP contribution in [0.4, 0.5) is 15.8 Å². The van der Waals surface area contributed by atoms with Crippen molar-refractivity contribution < 1.29 is 22.2 Å². The van der Waals surface area contributed by atoms with Crippen molar-refractivity contribution in [2.75, 3.05) is 19.4 Å². The van der Waals surface area contributed by atoms with Gasteiger partial charge in [0.1, 0.15) is 11.5 Å². The minimum Gasteiger partial charge on any atom is -0.322 e. The zero-order valence-electron chi connectivity index (χ0n) is 12.5. The van der Waals surface area contributed by atoms with Crippen LogP contribution in [0.3, 0.4) is 0 Å². The third kappa shape index (κ3) is 3.73. The van der Waals surface area contributed by atoms with E-state index in [1.165, 1.54) is 62.6 Å².